The molecule has 0 unspecified atom stereocenters. The SMILES string of the molecule is CCC(CC)CNC(=O)C1CCN(S(=O)(=O)c2ccc(C(=O)O)cc2)CC1. The summed E-state index contributed by atoms with van der Waals surface area (Å²) in [6.07, 6.45) is 3.02. The van der Waals surface area contributed by atoms with Crippen LogP contribution in [0.1, 0.15) is 49.9 Å². The average molecular weight is 397 g/mol. The summed E-state index contributed by atoms with van der Waals surface area (Å²) >= 11 is 0. The molecule has 150 valence electrons. The summed E-state index contributed by atoms with van der Waals surface area (Å²) in [4.78, 5) is 23.3. The highest BCUT2D eigenvalue weighted by Gasteiger charge is 2.32. The first-order valence-electron chi connectivity index (χ1n) is 9.40. The number of hydrogen-bond acceptors (Lipinski definition) is 4. The van der Waals surface area contributed by atoms with Crippen LogP contribution >= 0.6 is 0 Å². The predicted molar refractivity (Wildman–Crippen MR) is 102 cm³/mol. The summed E-state index contributed by atoms with van der Waals surface area (Å²) in [5, 5.41) is 11.9. The monoisotopic (exact) mass is 396 g/mol. The number of carboxylic acid groups (broad SMARTS) is 1. The Balaban J connectivity index is 1.93. The van der Waals surface area contributed by atoms with Crippen LogP contribution in [0.3, 0.4) is 0 Å². The van der Waals surface area contributed by atoms with Crippen molar-refractivity contribution in [3.8, 4) is 0 Å². The molecule has 27 heavy (non-hydrogen) atoms. The van der Waals surface area contributed by atoms with E-state index in [1.54, 1.807) is 0 Å². The number of carbonyl (C=O) groups excluding carboxylic acids is 1. The molecule has 0 spiro atoms. The van der Waals surface area contributed by atoms with Gasteiger partial charge in [0.25, 0.3) is 0 Å². The van der Waals surface area contributed by atoms with Gasteiger partial charge in [-0.05, 0) is 43.0 Å². The molecule has 2 rings (SSSR count). The van der Waals surface area contributed by atoms with Crippen molar-refractivity contribution >= 4 is 21.9 Å². The largest absolute Gasteiger partial charge is 0.478 e. The number of hydrogen-bond donors (Lipinski definition) is 2. The Morgan fingerprint density at radius 1 is 1.15 bits per heavy atom. The standard InChI is InChI=1S/C19H28N2O5S/c1-3-14(4-2)13-20-18(22)15-9-11-21(12-10-15)27(25,26)17-7-5-16(6-8-17)19(23)24/h5-8,14-15H,3-4,9-13H2,1-2H3,(H,20,22)(H,23,24). The number of piperidine rings is 1. The number of nitrogens with one attached hydrogen (secondary N) is 1. The minimum atomic E-state index is -3.68. The molecule has 1 aromatic rings. The van der Waals surface area contributed by atoms with Crippen molar-refractivity contribution in [2.75, 3.05) is 19.6 Å². The van der Waals surface area contributed by atoms with Gasteiger partial charge in [-0.2, -0.15) is 4.31 Å². The predicted octanol–water partition coefficient (Wildman–Crippen LogP) is 2.34. The number of carbonyl (C=O) groups is 2. The number of benzene rings is 1. The molecule has 0 aliphatic carbocycles. The van der Waals surface area contributed by atoms with Crippen molar-refractivity contribution in [1.29, 1.82) is 0 Å². The lowest BCUT2D eigenvalue weighted by Crippen LogP contribution is -2.43. The Bertz CT molecular complexity index is 749. The Kier molecular flexibility index (Phi) is 7.38. The minimum Gasteiger partial charge on any atom is -0.478 e. The third-order valence-corrected chi connectivity index (χ3v) is 7.20. The van der Waals surface area contributed by atoms with Gasteiger partial charge in [0, 0.05) is 25.6 Å². The molecule has 0 bridgehead atoms. The third kappa shape index (κ3) is 5.29. The van der Waals surface area contributed by atoms with E-state index < -0.39 is 16.0 Å². The van der Waals surface area contributed by atoms with E-state index in [-0.39, 0.29) is 35.4 Å². The molecular weight excluding hydrogens is 368 g/mol. The lowest BCUT2D eigenvalue weighted by atomic mass is 9.96. The van der Waals surface area contributed by atoms with Crippen LogP contribution in [0.25, 0.3) is 0 Å². The smallest absolute Gasteiger partial charge is 0.335 e. The van der Waals surface area contributed by atoms with Crippen LogP contribution in [-0.4, -0.2) is 49.3 Å². The first-order chi connectivity index (χ1) is 12.8. The number of rotatable bonds is 8. The van der Waals surface area contributed by atoms with Crippen LogP contribution in [0.5, 0.6) is 0 Å². The second-order valence-electron chi connectivity index (χ2n) is 6.94. The highest BCUT2D eigenvalue weighted by atomic mass is 32.2. The first-order valence-corrected chi connectivity index (χ1v) is 10.8. The highest BCUT2D eigenvalue weighted by Crippen LogP contribution is 2.24. The molecule has 1 heterocycles. The van der Waals surface area contributed by atoms with Crippen LogP contribution in [0.2, 0.25) is 0 Å². The summed E-state index contributed by atoms with van der Waals surface area (Å²) in [5.41, 5.74) is 0.0433. The molecular formula is C19H28N2O5S. The molecule has 1 amide bonds. The fraction of sp³-hybridized carbons (Fsp3) is 0.579. The number of aromatic carboxylic acids is 1. The van der Waals surface area contributed by atoms with E-state index in [2.05, 4.69) is 19.2 Å². The quantitative estimate of drug-likeness (QED) is 0.702. The van der Waals surface area contributed by atoms with E-state index in [1.807, 2.05) is 0 Å². The van der Waals surface area contributed by atoms with Gasteiger partial charge in [-0.15, -0.1) is 0 Å². The van der Waals surface area contributed by atoms with Crippen molar-refractivity contribution in [2.45, 2.75) is 44.4 Å². The number of carboxylic acids is 1. The number of nitrogens with zero attached hydrogens (tertiary/aromatic N) is 1. The summed E-state index contributed by atoms with van der Waals surface area (Å²) in [7, 11) is -3.68. The van der Waals surface area contributed by atoms with E-state index >= 15 is 0 Å². The molecule has 7 nitrogen and oxygen atoms in total. The number of amides is 1. The van der Waals surface area contributed by atoms with Crippen molar-refractivity contribution in [3.63, 3.8) is 0 Å². The van der Waals surface area contributed by atoms with Crippen molar-refractivity contribution in [2.24, 2.45) is 11.8 Å². The van der Waals surface area contributed by atoms with Crippen LogP contribution in [0.15, 0.2) is 29.2 Å². The zero-order valence-corrected chi connectivity index (χ0v) is 16.7. The zero-order chi connectivity index (χ0) is 20.0. The highest BCUT2D eigenvalue weighted by molar-refractivity contribution is 7.89. The second kappa shape index (κ2) is 9.32. The lowest BCUT2D eigenvalue weighted by Gasteiger charge is -2.30. The lowest BCUT2D eigenvalue weighted by molar-refractivity contribution is -0.126. The van der Waals surface area contributed by atoms with E-state index in [9.17, 15) is 18.0 Å². The second-order valence-corrected chi connectivity index (χ2v) is 8.87. The van der Waals surface area contributed by atoms with Gasteiger partial charge in [-0.3, -0.25) is 4.79 Å². The maximum Gasteiger partial charge on any atom is 0.335 e. The van der Waals surface area contributed by atoms with Crippen LogP contribution < -0.4 is 5.32 Å². The van der Waals surface area contributed by atoms with E-state index in [1.165, 1.54) is 28.6 Å². The van der Waals surface area contributed by atoms with E-state index in [0.717, 1.165) is 12.8 Å². The van der Waals surface area contributed by atoms with E-state index in [0.29, 0.717) is 25.3 Å². The molecule has 0 atom stereocenters. The van der Waals surface area contributed by atoms with Gasteiger partial charge >= 0.3 is 5.97 Å². The maximum atomic E-state index is 12.7. The van der Waals surface area contributed by atoms with Gasteiger partial charge in [0.15, 0.2) is 0 Å². The van der Waals surface area contributed by atoms with Gasteiger partial charge in [-0.1, -0.05) is 26.7 Å². The van der Waals surface area contributed by atoms with Crippen LogP contribution in [0.4, 0.5) is 0 Å². The molecule has 0 radical (unpaired) electrons. The first kappa shape index (κ1) is 21.4. The van der Waals surface area contributed by atoms with Gasteiger partial charge < -0.3 is 10.4 Å². The minimum absolute atomic E-state index is 0.00441. The Morgan fingerprint density at radius 2 is 1.70 bits per heavy atom. The Morgan fingerprint density at radius 3 is 2.19 bits per heavy atom. The van der Waals surface area contributed by atoms with Crippen molar-refractivity contribution in [1.82, 2.24) is 9.62 Å². The van der Waals surface area contributed by atoms with Gasteiger partial charge in [0.2, 0.25) is 15.9 Å². The molecule has 0 saturated carbocycles. The molecule has 1 fully saturated rings. The summed E-state index contributed by atoms with van der Waals surface area (Å²) in [6.45, 7) is 5.44. The molecule has 2 N–H and O–H groups in total. The zero-order valence-electron chi connectivity index (χ0n) is 15.8. The third-order valence-electron chi connectivity index (χ3n) is 5.28. The van der Waals surface area contributed by atoms with Crippen LogP contribution in [0, 0.1) is 11.8 Å². The molecule has 1 saturated heterocycles. The maximum absolute atomic E-state index is 12.7. The molecule has 1 aliphatic rings. The molecule has 0 aromatic heterocycles. The van der Waals surface area contributed by atoms with E-state index in [4.69, 9.17) is 5.11 Å². The summed E-state index contributed by atoms with van der Waals surface area (Å²) in [6, 6.07) is 5.20. The normalized spacial score (nSPS) is 16.4. The fourth-order valence-electron chi connectivity index (χ4n) is 3.24. The topological polar surface area (TPSA) is 104 Å². The van der Waals surface area contributed by atoms with Gasteiger partial charge in [-0.25, -0.2) is 13.2 Å². The van der Waals surface area contributed by atoms with Gasteiger partial charge in [0.1, 0.15) is 0 Å². The summed E-state index contributed by atoms with van der Waals surface area (Å²) < 4.78 is 26.8. The summed E-state index contributed by atoms with van der Waals surface area (Å²) in [5.74, 6) is -0.785. The average Bonchev–Trinajstić information content (AvgIpc) is 2.68. The molecule has 1 aliphatic heterocycles. The molecule has 1 aromatic carbocycles. The van der Waals surface area contributed by atoms with Crippen molar-refractivity contribution in [3.05, 3.63) is 29.8 Å². The fourth-order valence-corrected chi connectivity index (χ4v) is 4.71. The van der Waals surface area contributed by atoms with Gasteiger partial charge in [0.05, 0.1) is 10.5 Å². The Hall–Kier alpha value is -1.93. The van der Waals surface area contributed by atoms with Crippen LogP contribution in [-0.2, 0) is 14.8 Å². The molecule has 8 heteroatoms. The number of sulfonamides is 1. The Labute approximate surface area is 160 Å². The van der Waals surface area contributed by atoms with Crippen molar-refractivity contribution < 1.29 is 23.1 Å².